The van der Waals surface area contributed by atoms with Crippen LogP contribution in [0.4, 0.5) is 0 Å². The van der Waals surface area contributed by atoms with Crippen molar-refractivity contribution in [3.8, 4) is 0 Å². The van der Waals surface area contributed by atoms with Crippen LogP contribution in [0.5, 0.6) is 0 Å². The van der Waals surface area contributed by atoms with Crippen LogP contribution in [0.15, 0.2) is 29.4 Å². The molecule has 0 aliphatic heterocycles. The van der Waals surface area contributed by atoms with Gasteiger partial charge in [-0.05, 0) is 18.6 Å². The van der Waals surface area contributed by atoms with Crippen LogP contribution in [-0.4, -0.2) is 11.9 Å². The fourth-order valence-electron chi connectivity index (χ4n) is 0.722. The van der Waals surface area contributed by atoms with E-state index in [-0.39, 0.29) is 5.76 Å². The lowest BCUT2D eigenvalue weighted by molar-refractivity contribution is -0.132. The summed E-state index contributed by atoms with van der Waals surface area (Å²) in [5.41, 5.74) is 0.790. The Kier molecular flexibility index (Phi) is 2.64. The quantitative estimate of drug-likeness (QED) is 0.392. The van der Waals surface area contributed by atoms with E-state index in [1.807, 2.05) is 0 Å². The number of carbonyl (C=O) groups is 2. The summed E-state index contributed by atoms with van der Waals surface area (Å²) in [7, 11) is 0. The number of ether oxygens (including phenoxy) is 1. The molecule has 0 fully saturated rings. The molecule has 1 aromatic heterocycles. The normalized spacial score (nSPS) is 9.31. The molecular weight excluding hydrogens is 172 g/mol. The first-order chi connectivity index (χ1) is 6.13. The molecule has 0 saturated carbocycles. The molecule has 4 heteroatoms. The molecule has 0 amide bonds. The van der Waals surface area contributed by atoms with Gasteiger partial charge in [-0.25, -0.2) is 9.59 Å². The standard InChI is InChI=1S/C9H8O4/c1-3-8(10)13-9(11)7-4-6(2)5-12-7/h3-5H,1H2,2H3. The number of carbonyl (C=O) groups excluding carboxylic acids is 2. The second kappa shape index (κ2) is 3.71. The van der Waals surface area contributed by atoms with Gasteiger partial charge in [0.25, 0.3) is 0 Å². The van der Waals surface area contributed by atoms with E-state index in [9.17, 15) is 9.59 Å². The van der Waals surface area contributed by atoms with Crippen molar-refractivity contribution in [3.63, 3.8) is 0 Å². The minimum Gasteiger partial charge on any atom is -0.457 e. The number of aryl methyl sites for hydroxylation is 1. The smallest absolute Gasteiger partial charge is 0.382 e. The number of esters is 2. The maximum Gasteiger partial charge on any atom is 0.382 e. The van der Waals surface area contributed by atoms with E-state index >= 15 is 0 Å². The average Bonchev–Trinajstić information content (AvgIpc) is 2.51. The fraction of sp³-hybridized carbons (Fsp3) is 0.111. The van der Waals surface area contributed by atoms with E-state index in [1.54, 1.807) is 6.92 Å². The first-order valence-electron chi connectivity index (χ1n) is 3.57. The van der Waals surface area contributed by atoms with Gasteiger partial charge in [-0.1, -0.05) is 6.58 Å². The van der Waals surface area contributed by atoms with Gasteiger partial charge in [0, 0.05) is 6.08 Å². The van der Waals surface area contributed by atoms with Crippen LogP contribution in [-0.2, 0) is 9.53 Å². The van der Waals surface area contributed by atoms with Gasteiger partial charge in [-0.3, -0.25) is 0 Å². The van der Waals surface area contributed by atoms with Crippen LogP contribution in [0, 0.1) is 6.92 Å². The van der Waals surface area contributed by atoms with Crippen LogP contribution < -0.4 is 0 Å². The molecule has 0 aliphatic rings. The molecule has 1 aromatic rings. The van der Waals surface area contributed by atoms with Gasteiger partial charge in [0.05, 0.1) is 6.26 Å². The van der Waals surface area contributed by atoms with E-state index in [4.69, 9.17) is 4.42 Å². The van der Waals surface area contributed by atoms with E-state index in [0.29, 0.717) is 0 Å². The predicted octanol–water partition coefficient (Wildman–Crippen LogP) is 1.46. The van der Waals surface area contributed by atoms with Gasteiger partial charge in [0.2, 0.25) is 5.76 Å². The topological polar surface area (TPSA) is 56.5 Å². The van der Waals surface area contributed by atoms with Gasteiger partial charge in [0.15, 0.2) is 0 Å². The molecule has 0 radical (unpaired) electrons. The average molecular weight is 180 g/mol. The Morgan fingerprint density at radius 1 is 1.62 bits per heavy atom. The molecule has 0 spiro atoms. The lowest BCUT2D eigenvalue weighted by Crippen LogP contribution is -2.08. The Bertz CT molecular complexity index is 348. The molecule has 0 saturated heterocycles. The highest BCUT2D eigenvalue weighted by atomic mass is 16.6. The lowest BCUT2D eigenvalue weighted by Gasteiger charge is -1.94. The van der Waals surface area contributed by atoms with Crippen molar-refractivity contribution in [1.29, 1.82) is 0 Å². The molecule has 68 valence electrons. The summed E-state index contributed by atoms with van der Waals surface area (Å²) in [5, 5.41) is 0. The SMILES string of the molecule is C=CC(=O)OC(=O)c1cc(C)co1. The van der Waals surface area contributed by atoms with E-state index < -0.39 is 11.9 Å². The minimum atomic E-state index is -0.807. The van der Waals surface area contributed by atoms with Crippen LogP contribution in [0.1, 0.15) is 16.1 Å². The van der Waals surface area contributed by atoms with E-state index in [0.717, 1.165) is 11.6 Å². The van der Waals surface area contributed by atoms with Crippen LogP contribution in [0.3, 0.4) is 0 Å². The zero-order valence-electron chi connectivity index (χ0n) is 7.07. The van der Waals surface area contributed by atoms with Crippen LogP contribution in [0.25, 0.3) is 0 Å². The molecule has 13 heavy (non-hydrogen) atoms. The first kappa shape index (κ1) is 9.25. The van der Waals surface area contributed by atoms with Crippen LogP contribution in [0.2, 0.25) is 0 Å². The summed E-state index contributed by atoms with van der Waals surface area (Å²) in [4.78, 5) is 21.6. The third kappa shape index (κ3) is 2.30. The predicted molar refractivity (Wildman–Crippen MR) is 44.1 cm³/mol. The Balaban J connectivity index is 2.69. The highest BCUT2D eigenvalue weighted by molar-refractivity contribution is 5.98. The van der Waals surface area contributed by atoms with Gasteiger partial charge in [0.1, 0.15) is 0 Å². The van der Waals surface area contributed by atoms with Gasteiger partial charge < -0.3 is 9.15 Å². The summed E-state index contributed by atoms with van der Waals surface area (Å²) in [6.45, 7) is 4.91. The van der Waals surface area contributed by atoms with Crippen molar-refractivity contribution in [1.82, 2.24) is 0 Å². The highest BCUT2D eigenvalue weighted by Gasteiger charge is 2.13. The number of furan rings is 1. The zero-order chi connectivity index (χ0) is 9.84. The summed E-state index contributed by atoms with van der Waals surface area (Å²) < 4.78 is 9.12. The fourth-order valence-corrected chi connectivity index (χ4v) is 0.722. The largest absolute Gasteiger partial charge is 0.457 e. The number of hydrogen-bond acceptors (Lipinski definition) is 4. The maximum absolute atomic E-state index is 11.0. The van der Waals surface area contributed by atoms with Crippen molar-refractivity contribution >= 4 is 11.9 Å². The molecule has 4 nitrogen and oxygen atoms in total. The van der Waals surface area contributed by atoms with E-state index in [1.165, 1.54) is 12.3 Å². The Labute approximate surface area is 74.8 Å². The van der Waals surface area contributed by atoms with Crippen molar-refractivity contribution in [2.75, 3.05) is 0 Å². The van der Waals surface area contributed by atoms with Crippen molar-refractivity contribution in [3.05, 3.63) is 36.3 Å². The molecule has 0 atom stereocenters. The van der Waals surface area contributed by atoms with E-state index in [2.05, 4.69) is 11.3 Å². The second-order valence-electron chi connectivity index (χ2n) is 2.40. The maximum atomic E-state index is 11.0. The third-order valence-electron chi connectivity index (χ3n) is 1.29. The monoisotopic (exact) mass is 180 g/mol. The van der Waals surface area contributed by atoms with Gasteiger partial charge >= 0.3 is 11.9 Å². The summed E-state index contributed by atoms with van der Waals surface area (Å²) in [6, 6.07) is 1.48. The molecule has 0 aliphatic carbocycles. The van der Waals surface area contributed by atoms with Gasteiger partial charge in [-0.2, -0.15) is 0 Å². The molecule has 0 bridgehead atoms. The Hall–Kier alpha value is -1.84. The molecule has 1 heterocycles. The van der Waals surface area contributed by atoms with Crippen molar-refractivity contribution in [2.45, 2.75) is 6.92 Å². The molecule has 1 rings (SSSR count). The Morgan fingerprint density at radius 3 is 2.77 bits per heavy atom. The molecular formula is C9H8O4. The Morgan fingerprint density at radius 2 is 2.31 bits per heavy atom. The number of rotatable bonds is 2. The lowest BCUT2D eigenvalue weighted by atomic mass is 10.3. The molecule has 0 unspecified atom stereocenters. The third-order valence-corrected chi connectivity index (χ3v) is 1.29. The first-order valence-corrected chi connectivity index (χ1v) is 3.57. The summed E-state index contributed by atoms with van der Waals surface area (Å²) >= 11 is 0. The highest BCUT2D eigenvalue weighted by Crippen LogP contribution is 2.07. The van der Waals surface area contributed by atoms with Crippen molar-refractivity contribution < 1.29 is 18.7 Å². The number of hydrogen-bond donors (Lipinski definition) is 0. The minimum absolute atomic E-state index is 0.00713. The summed E-state index contributed by atoms with van der Waals surface area (Å²) in [6.07, 6.45) is 2.31. The van der Waals surface area contributed by atoms with Gasteiger partial charge in [-0.15, -0.1) is 0 Å². The molecule has 0 aromatic carbocycles. The van der Waals surface area contributed by atoms with Crippen molar-refractivity contribution in [2.24, 2.45) is 0 Å². The molecule has 0 N–H and O–H groups in total. The second-order valence-corrected chi connectivity index (χ2v) is 2.40. The zero-order valence-corrected chi connectivity index (χ0v) is 7.07. The van der Waals surface area contributed by atoms with Crippen LogP contribution >= 0.6 is 0 Å². The summed E-state index contributed by atoms with van der Waals surface area (Å²) in [5.74, 6) is -1.59.